The molecule has 2 amide bonds. The molecule has 6 heteroatoms. The van der Waals surface area contributed by atoms with E-state index < -0.39 is 17.8 Å². The van der Waals surface area contributed by atoms with Crippen molar-refractivity contribution in [3.05, 3.63) is 41.5 Å². The van der Waals surface area contributed by atoms with Crippen LogP contribution in [0.2, 0.25) is 0 Å². The third-order valence-corrected chi connectivity index (χ3v) is 2.01. The first kappa shape index (κ1) is 13.4. The van der Waals surface area contributed by atoms with Gasteiger partial charge < -0.3 is 16.2 Å². The van der Waals surface area contributed by atoms with E-state index in [0.29, 0.717) is 11.1 Å². The largest absolute Gasteiger partial charge is 0.478 e. The zero-order valence-electron chi connectivity index (χ0n) is 9.42. The minimum absolute atomic E-state index is 0.223. The summed E-state index contributed by atoms with van der Waals surface area (Å²) in [4.78, 5) is 32.3. The van der Waals surface area contributed by atoms with Crippen LogP contribution in [0.25, 0.3) is 6.08 Å². The van der Waals surface area contributed by atoms with Crippen LogP contribution < -0.4 is 11.1 Å². The molecule has 0 radical (unpaired) electrons. The highest BCUT2D eigenvalue weighted by Crippen LogP contribution is 2.06. The van der Waals surface area contributed by atoms with Crippen molar-refractivity contribution in [2.75, 3.05) is 6.54 Å². The zero-order chi connectivity index (χ0) is 13.5. The summed E-state index contributed by atoms with van der Waals surface area (Å²) < 4.78 is 0. The Balaban J connectivity index is 2.67. The molecule has 0 saturated carbocycles. The minimum Gasteiger partial charge on any atom is -0.478 e. The Kier molecular flexibility index (Phi) is 4.62. The number of rotatable bonds is 5. The minimum atomic E-state index is -1.04. The molecule has 0 heterocycles. The van der Waals surface area contributed by atoms with E-state index in [0.717, 1.165) is 6.08 Å². The van der Waals surface area contributed by atoms with E-state index in [1.54, 1.807) is 12.1 Å². The first-order valence-electron chi connectivity index (χ1n) is 5.06. The number of carbonyl (C=O) groups is 3. The Morgan fingerprint density at radius 2 is 1.83 bits per heavy atom. The van der Waals surface area contributed by atoms with Gasteiger partial charge in [-0.05, 0) is 23.8 Å². The van der Waals surface area contributed by atoms with Gasteiger partial charge in [-0.3, -0.25) is 9.59 Å². The Bertz CT molecular complexity index is 491. The predicted octanol–water partition coefficient (Wildman–Crippen LogP) is -0.000500. The molecule has 0 saturated heterocycles. The number of carboxylic acid groups (broad SMARTS) is 1. The third-order valence-electron chi connectivity index (χ3n) is 2.01. The summed E-state index contributed by atoms with van der Waals surface area (Å²) in [6.45, 7) is -0.223. The maximum absolute atomic E-state index is 11.5. The van der Waals surface area contributed by atoms with Gasteiger partial charge in [0.15, 0.2) is 0 Å². The summed E-state index contributed by atoms with van der Waals surface area (Å²) >= 11 is 0. The summed E-state index contributed by atoms with van der Waals surface area (Å²) in [5.41, 5.74) is 5.91. The summed E-state index contributed by atoms with van der Waals surface area (Å²) in [6.07, 6.45) is 2.41. The van der Waals surface area contributed by atoms with E-state index in [1.165, 1.54) is 18.2 Å². The van der Waals surface area contributed by atoms with Crippen molar-refractivity contribution in [2.45, 2.75) is 0 Å². The van der Waals surface area contributed by atoms with Gasteiger partial charge in [0.25, 0.3) is 5.91 Å². The maximum Gasteiger partial charge on any atom is 0.328 e. The van der Waals surface area contributed by atoms with Gasteiger partial charge in [0.1, 0.15) is 0 Å². The second kappa shape index (κ2) is 6.19. The third kappa shape index (κ3) is 4.48. The van der Waals surface area contributed by atoms with Crippen molar-refractivity contribution < 1.29 is 19.5 Å². The lowest BCUT2D eigenvalue weighted by molar-refractivity contribution is -0.131. The zero-order valence-corrected chi connectivity index (χ0v) is 9.42. The second-order valence-corrected chi connectivity index (χ2v) is 3.44. The number of carboxylic acids is 1. The van der Waals surface area contributed by atoms with Crippen molar-refractivity contribution in [3.63, 3.8) is 0 Å². The van der Waals surface area contributed by atoms with Crippen LogP contribution in [0, 0.1) is 0 Å². The van der Waals surface area contributed by atoms with Crippen molar-refractivity contribution in [2.24, 2.45) is 5.73 Å². The Morgan fingerprint density at radius 1 is 1.22 bits per heavy atom. The Morgan fingerprint density at radius 3 is 2.33 bits per heavy atom. The lowest BCUT2D eigenvalue weighted by atomic mass is 10.1. The number of hydrogen-bond donors (Lipinski definition) is 3. The second-order valence-electron chi connectivity index (χ2n) is 3.44. The van der Waals surface area contributed by atoms with Gasteiger partial charge in [0.05, 0.1) is 6.54 Å². The lowest BCUT2D eigenvalue weighted by Crippen LogP contribution is -2.33. The highest BCUT2D eigenvalue weighted by Gasteiger charge is 2.05. The molecule has 0 fully saturated rings. The van der Waals surface area contributed by atoms with Gasteiger partial charge in [0, 0.05) is 11.6 Å². The van der Waals surface area contributed by atoms with Crippen LogP contribution in [0.5, 0.6) is 0 Å². The van der Waals surface area contributed by atoms with Crippen LogP contribution in [0.4, 0.5) is 0 Å². The Hall–Kier alpha value is -2.63. The van der Waals surface area contributed by atoms with Crippen LogP contribution in [0.15, 0.2) is 30.3 Å². The van der Waals surface area contributed by atoms with Crippen molar-refractivity contribution in [1.82, 2.24) is 5.32 Å². The van der Waals surface area contributed by atoms with Crippen LogP contribution in [-0.2, 0) is 9.59 Å². The quantitative estimate of drug-likeness (QED) is 0.637. The smallest absolute Gasteiger partial charge is 0.328 e. The van der Waals surface area contributed by atoms with Crippen LogP contribution >= 0.6 is 0 Å². The molecule has 4 N–H and O–H groups in total. The van der Waals surface area contributed by atoms with Gasteiger partial charge in [-0.1, -0.05) is 12.1 Å². The van der Waals surface area contributed by atoms with Crippen LogP contribution in [0.3, 0.4) is 0 Å². The summed E-state index contributed by atoms with van der Waals surface area (Å²) in [5, 5.41) is 10.8. The van der Waals surface area contributed by atoms with Crippen LogP contribution in [0.1, 0.15) is 15.9 Å². The summed E-state index contributed by atoms with van der Waals surface area (Å²) in [7, 11) is 0. The van der Waals surface area contributed by atoms with E-state index in [4.69, 9.17) is 10.8 Å². The number of nitrogens with one attached hydrogen (secondary N) is 1. The van der Waals surface area contributed by atoms with E-state index >= 15 is 0 Å². The number of aliphatic carboxylic acids is 1. The number of primary amides is 1. The Labute approximate surface area is 103 Å². The molecule has 18 heavy (non-hydrogen) atoms. The maximum atomic E-state index is 11.5. The van der Waals surface area contributed by atoms with E-state index in [2.05, 4.69) is 5.32 Å². The van der Waals surface area contributed by atoms with Crippen molar-refractivity contribution in [1.29, 1.82) is 0 Å². The first-order chi connectivity index (χ1) is 8.49. The van der Waals surface area contributed by atoms with Gasteiger partial charge >= 0.3 is 5.97 Å². The molecule has 6 nitrogen and oxygen atoms in total. The lowest BCUT2D eigenvalue weighted by Gasteiger charge is -2.02. The molecule has 0 aromatic heterocycles. The first-order valence-corrected chi connectivity index (χ1v) is 5.06. The predicted molar refractivity (Wildman–Crippen MR) is 64.6 cm³/mol. The van der Waals surface area contributed by atoms with E-state index in [-0.39, 0.29) is 6.54 Å². The molecule has 0 aliphatic carbocycles. The van der Waals surface area contributed by atoms with Crippen molar-refractivity contribution >= 4 is 23.9 Å². The fraction of sp³-hybridized carbons (Fsp3) is 0.0833. The number of amides is 2. The average Bonchev–Trinajstić information content (AvgIpc) is 2.34. The highest BCUT2D eigenvalue weighted by atomic mass is 16.4. The van der Waals surface area contributed by atoms with Gasteiger partial charge in [0.2, 0.25) is 5.91 Å². The summed E-state index contributed by atoms with van der Waals surface area (Å²) in [6, 6.07) is 6.24. The number of benzene rings is 1. The van der Waals surface area contributed by atoms with E-state index in [1.807, 2.05) is 0 Å². The molecule has 0 bridgehead atoms. The highest BCUT2D eigenvalue weighted by molar-refractivity contribution is 5.96. The summed E-state index contributed by atoms with van der Waals surface area (Å²) in [5.74, 6) is -2.08. The van der Waals surface area contributed by atoms with Crippen LogP contribution in [-0.4, -0.2) is 29.4 Å². The normalized spacial score (nSPS) is 10.2. The molecule has 0 unspecified atom stereocenters. The van der Waals surface area contributed by atoms with Gasteiger partial charge in [-0.25, -0.2) is 4.79 Å². The topological polar surface area (TPSA) is 109 Å². The molecule has 1 aromatic rings. The molecule has 0 spiro atoms. The molecular weight excluding hydrogens is 236 g/mol. The molecule has 0 aliphatic rings. The molecule has 0 atom stereocenters. The molecule has 1 rings (SSSR count). The molecule has 1 aromatic carbocycles. The standard InChI is InChI=1S/C12H12N2O4/c13-10(15)7-14-12(18)9-4-1-8(2-5-9)3-6-11(16)17/h1-6H,7H2,(H2,13,15)(H,14,18)(H,16,17). The number of carbonyl (C=O) groups excluding carboxylic acids is 2. The SMILES string of the molecule is NC(=O)CNC(=O)c1ccc(C=CC(=O)O)cc1. The van der Waals surface area contributed by atoms with Gasteiger partial charge in [-0.2, -0.15) is 0 Å². The fourth-order valence-corrected chi connectivity index (χ4v) is 1.18. The van der Waals surface area contributed by atoms with E-state index in [9.17, 15) is 14.4 Å². The monoisotopic (exact) mass is 248 g/mol. The average molecular weight is 248 g/mol. The molecule has 94 valence electrons. The van der Waals surface area contributed by atoms with Crippen molar-refractivity contribution in [3.8, 4) is 0 Å². The molecule has 0 aliphatic heterocycles. The molecular formula is C12H12N2O4. The fourth-order valence-electron chi connectivity index (χ4n) is 1.18. The van der Waals surface area contributed by atoms with Gasteiger partial charge in [-0.15, -0.1) is 0 Å². The number of hydrogen-bond acceptors (Lipinski definition) is 3. The number of nitrogens with two attached hydrogens (primary N) is 1.